The Bertz CT molecular complexity index is 489. The minimum absolute atomic E-state index is 0.351. The van der Waals surface area contributed by atoms with Gasteiger partial charge in [0.2, 0.25) is 0 Å². The summed E-state index contributed by atoms with van der Waals surface area (Å²) >= 11 is 0. The van der Waals surface area contributed by atoms with E-state index in [0.717, 1.165) is 23.8 Å². The molecule has 1 aromatic heterocycles. The summed E-state index contributed by atoms with van der Waals surface area (Å²) in [6.45, 7) is 9.11. The Kier molecular flexibility index (Phi) is 14.8. The fourth-order valence-electron chi connectivity index (χ4n) is 3.97. The van der Waals surface area contributed by atoms with Gasteiger partial charge in [0, 0.05) is 5.56 Å². The Hall–Kier alpha value is -0.543. The summed E-state index contributed by atoms with van der Waals surface area (Å²) in [5.74, 6) is 0. The number of aliphatic hydroxyl groups is 1. The van der Waals surface area contributed by atoms with Crippen molar-refractivity contribution in [3.8, 4) is 0 Å². The molecule has 1 aromatic rings. The first-order valence-corrected chi connectivity index (χ1v) is 16.2. The van der Waals surface area contributed by atoms with Crippen molar-refractivity contribution in [1.29, 1.82) is 0 Å². The highest BCUT2D eigenvalue weighted by Crippen LogP contribution is 2.21. The van der Waals surface area contributed by atoms with Crippen LogP contribution in [0.4, 0.5) is 0 Å². The average molecular weight is 423 g/mol. The van der Waals surface area contributed by atoms with Gasteiger partial charge in [-0.25, -0.2) is 0 Å². The van der Waals surface area contributed by atoms with Gasteiger partial charge in [0.25, 0.3) is 0 Å². The van der Waals surface area contributed by atoms with Crippen LogP contribution in [0.1, 0.15) is 128 Å². The fourth-order valence-corrected chi connectivity index (χ4v) is 4.98. The van der Waals surface area contributed by atoms with E-state index in [4.69, 9.17) is 4.42 Å². The standard InChI is InChI=1S/C26H50O2Si/c1-5-6-7-8-9-10-11-12-13-14-15-16-17-18-19-20-21-25(27)24-22-26(28-23-24)29(2,3)4/h22-23,25,27H,5-21H2,1-4H3. The number of hydrogen-bond acceptors (Lipinski definition) is 2. The molecule has 1 rings (SSSR count). The highest BCUT2D eigenvalue weighted by molar-refractivity contribution is 6.87. The number of hydrogen-bond donors (Lipinski definition) is 1. The summed E-state index contributed by atoms with van der Waals surface area (Å²) in [5.41, 5.74) is 0.975. The minimum Gasteiger partial charge on any atom is -0.474 e. The molecule has 0 radical (unpaired) electrons. The van der Waals surface area contributed by atoms with E-state index >= 15 is 0 Å². The highest BCUT2D eigenvalue weighted by atomic mass is 28.3. The third-order valence-corrected chi connectivity index (χ3v) is 7.82. The Morgan fingerprint density at radius 2 is 1.14 bits per heavy atom. The van der Waals surface area contributed by atoms with E-state index in [2.05, 4.69) is 32.6 Å². The normalized spacial score (nSPS) is 13.1. The first kappa shape index (κ1) is 26.5. The molecule has 1 heterocycles. The number of aliphatic hydroxyl groups excluding tert-OH is 1. The maximum atomic E-state index is 10.4. The van der Waals surface area contributed by atoms with Crippen LogP contribution < -0.4 is 5.38 Å². The van der Waals surface area contributed by atoms with E-state index in [1.165, 1.54) is 96.3 Å². The first-order valence-electron chi connectivity index (χ1n) is 12.7. The lowest BCUT2D eigenvalue weighted by atomic mass is 10.0. The van der Waals surface area contributed by atoms with Crippen LogP contribution in [0.5, 0.6) is 0 Å². The molecule has 0 amide bonds. The van der Waals surface area contributed by atoms with Gasteiger partial charge >= 0.3 is 0 Å². The maximum Gasteiger partial charge on any atom is 0.123 e. The molecular weight excluding hydrogens is 372 g/mol. The molecule has 2 nitrogen and oxygen atoms in total. The summed E-state index contributed by atoms with van der Waals surface area (Å²) in [5, 5.41) is 11.5. The summed E-state index contributed by atoms with van der Waals surface area (Å²) in [6, 6.07) is 2.09. The molecule has 29 heavy (non-hydrogen) atoms. The number of furan rings is 1. The maximum absolute atomic E-state index is 10.4. The molecule has 1 unspecified atom stereocenters. The van der Waals surface area contributed by atoms with Gasteiger partial charge in [0.15, 0.2) is 0 Å². The summed E-state index contributed by atoms with van der Waals surface area (Å²) in [6.07, 6.45) is 24.4. The van der Waals surface area contributed by atoms with Crippen LogP contribution >= 0.6 is 0 Å². The summed E-state index contributed by atoms with van der Waals surface area (Å²) in [4.78, 5) is 0. The Balaban J connectivity index is 1.87. The van der Waals surface area contributed by atoms with Crippen molar-refractivity contribution in [2.45, 2.75) is 142 Å². The smallest absolute Gasteiger partial charge is 0.123 e. The predicted molar refractivity (Wildman–Crippen MR) is 131 cm³/mol. The molecule has 0 aliphatic carbocycles. The molecule has 0 saturated heterocycles. The van der Waals surface area contributed by atoms with Crippen LogP contribution in [0.15, 0.2) is 16.7 Å². The van der Waals surface area contributed by atoms with E-state index in [-0.39, 0.29) is 6.10 Å². The second-order valence-electron chi connectivity index (χ2n) is 10.1. The minimum atomic E-state index is -1.41. The van der Waals surface area contributed by atoms with Crippen LogP contribution in [0.25, 0.3) is 0 Å². The van der Waals surface area contributed by atoms with Crippen LogP contribution in [0.2, 0.25) is 19.6 Å². The molecule has 0 aliphatic rings. The molecule has 0 saturated carbocycles. The van der Waals surface area contributed by atoms with Crippen LogP contribution in [0.3, 0.4) is 0 Å². The second kappa shape index (κ2) is 16.2. The van der Waals surface area contributed by atoms with E-state index in [1.54, 1.807) is 6.26 Å². The number of rotatable bonds is 19. The van der Waals surface area contributed by atoms with Gasteiger partial charge in [-0.05, 0) is 12.5 Å². The molecule has 0 aliphatic heterocycles. The quantitative estimate of drug-likeness (QED) is 0.179. The van der Waals surface area contributed by atoms with E-state index in [1.807, 2.05) is 0 Å². The number of unbranched alkanes of at least 4 members (excludes halogenated alkanes) is 15. The van der Waals surface area contributed by atoms with Crippen molar-refractivity contribution in [2.75, 3.05) is 0 Å². The largest absolute Gasteiger partial charge is 0.474 e. The van der Waals surface area contributed by atoms with Gasteiger partial charge in [-0.2, -0.15) is 0 Å². The van der Waals surface area contributed by atoms with Crippen LogP contribution in [-0.4, -0.2) is 13.2 Å². The monoisotopic (exact) mass is 422 g/mol. The zero-order chi connectivity index (χ0) is 21.4. The molecule has 1 N–H and O–H groups in total. The molecule has 170 valence electrons. The van der Waals surface area contributed by atoms with Crippen molar-refractivity contribution >= 4 is 13.5 Å². The van der Waals surface area contributed by atoms with E-state index in [0.29, 0.717) is 0 Å². The van der Waals surface area contributed by atoms with Crippen molar-refractivity contribution in [1.82, 2.24) is 0 Å². The van der Waals surface area contributed by atoms with Crippen molar-refractivity contribution in [3.05, 3.63) is 17.9 Å². The van der Waals surface area contributed by atoms with Crippen LogP contribution in [-0.2, 0) is 0 Å². The third-order valence-electron chi connectivity index (χ3n) is 6.07. The lowest BCUT2D eigenvalue weighted by Crippen LogP contribution is -2.36. The van der Waals surface area contributed by atoms with Gasteiger partial charge in [-0.15, -0.1) is 0 Å². The molecule has 0 bridgehead atoms. The van der Waals surface area contributed by atoms with E-state index < -0.39 is 8.07 Å². The molecular formula is C26H50O2Si. The molecule has 3 heteroatoms. The SMILES string of the molecule is CCCCCCCCCCCCCCCCCCC(O)c1coc([Si](C)(C)C)c1. The van der Waals surface area contributed by atoms with Crippen molar-refractivity contribution in [3.63, 3.8) is 0 Å². The molecule has 1 atom stereocenters. The van der Waals surface area contributed by atoms with Gasteiger partial charge in [-0.1, -0.05) is 129 Å². The zero-order valence-electron chi connectivity index (χ0n) is 20.1. The average Bonchev–Trinajstić information content (AvgIpc) is 3.18. The van der Waals surface area contributed by atoms with Gasteiger partial charge in [0.1, 0.15) is 8.07 Å². The predicted octanol–water partition coefficient (Wildman–Crippen LogP) is 8.51. The second-order valence-corrected chi connectivity index (χ2v) is 15.1. The van der Waals surface area contributed by atoms with Crippen LogP contribution in [0, 0.1) is 0 Å². The van der Waals surface area contributed by atoms with Crippen molar-refractivity contribution in [2.24, 2.45) is 0 Å². The highest BCUT2D eigenvalue weighted by Gasteiger charge is 2.22. The Labute approximate surface area is 182 Å². The molecule has 0 aromatic carbocycles. The topological polar surface area (TPSA) is 33.4 Å². The van der Waals surface area contributed by atoms with E-state index in [9.17, 15) is 5.11 Å². The summed E-state index contributed by atoms with van der Waals surface area (Å²) in [7, 11) is -1.41. The third kappa shape index (κ3) is 13.4. The molecule has 0 spiro atoms. The Morgan fingerprint density at radius 3 is 1.52 bits per heavy atom. The summed E-state index contributed by atoms with van der Waals surface area (Å²) < 4.78 is 5.68. The molecule has 0 fully saturated rings. The first-order chi connectivity index (χ1) is 13.9. The fraction of sp³-hybridized carbons (Fsp3) is 0.846. The lowest BCUT2D eigenvalue weighted by Gasteiger charge is -2.11. The lowest BCUT2D eigenvalue weighted by molar-refractivity contribution is 0.162. The van der Waals surface area contributed by atoms with Gasteiger partial charge < -0.3 is 9.52 Å². The zero-order valence-corrected chi connectivity index (χ0v) is 21.1. The van der Waals surface area contributed by atoms with Gasteiger partial charge in [0.05, 0.1) is 17.8 Å². The van der Waals surface area contributed by atoms with Crippen molar-refractivity contribution < 1.29 is 9.52 Å². The Morgan fingerprint density at radius 1 is 0.724 bits per heavy atom. The van der Waals surface area contributed by atoms with Gasteiger partial charge in [-0.3, -0.25) is 0 Å².